The van der Waals surface area contributed by atoms with Crippen molar-refractivity contribution in [2.75, 3.05) is 6.61 Å². The van der Waals surface area contributed by atoms with Crippen LogP contribution < -0.4 is 0 Å². The molecule has 0 radical (unpaired) electrons. The van der Waals surface area contributed by atoms with E-state index in [9.17, 15) is 5.11 Å². The molecule has 2 fully saturated rings. The zero-order valence-electron chi connectivity index (χ0n) is 9.36. The second kappa shape index (κ2) is 4.67. The first kappa shape index (κ1) is 11.2. The van der Waals surface area contributed by atoms with E-state index in [1.165, 1.54) is 32.1 Å². The van der Waals surface area contributed by atoms with Crippen molar-refractivity contribution in [2.45, 2.75) is 44.6 Å². The maximum atomic E-state index is 10.3. The molecule has 2 aliphatic carbocycles. The average molecular weight is 210 g/mol. The minimum absolute atomic E-state index is 0.0269. The largest absolute Gasteiger partial charge is 0.392 e. The van der Waals surface area contributed by atoms with E-state index in [-0.39, 0.29) is 18.6 Å². The molecule has 4 atom stereocenters. The Morgan fingerprint density at radius 1 is 1.13 bits per heavy atom. The van der Waals surface area contributed by atoms with Gasteiger partial charge in [-0.3, -0.25) is 0 Å². The highest BCUT2D eigenvalue weighted by molar-refractivity contribution is 5.06. The minimum Gasteiger partial charge on any atom is -0.392 e. The lowest BCUT2D eigenvalue weighted by atomic mass is 9.82. The molecule has 2 aliphatic rings. The molecule has 2 N–H and O–H groups in total. The highest BCUT2D eigenvalue weighted by Crippen LogP contribution is 2.44. The maximum Gasteiger partial charge on any atom is 0.0642 e. The fourth-order valence-electron chi connectivity index (χ4n) is 3.51. The van der Waals surface area contributed by atoms with Crippen molar-refractivity contribution in [3.8, 4) is 0 Å². The summed E-state index contributed by atoms with van der Waals surface area (Å²) in [5.74, 6) is 1.35. The SMILES string of the molecule is C=C(CO)[C@@H]1CCC[C@@H]2CCC[C@H]2[C@H]1O. The van der Waals surface area contributed by atoms with E-state index in [1.807, 2.05) is 0 Å². The van der Waals surface area contributed by atoms with Crippen molar-refractivity contribution in [1.29, 1.82) is 0 Å². The molecule has 2 saturated carbocycles. The molecule has 86 valence electrons. The van der Waals surface area contributed by atoms with E-state index in [0.29, 0.717) is 5.92 Å². The second-order valence-electron chi connectivity index (χ2n) is 5.20. The molecule has 0 aromatic carbocycles. The van der Waals surface area contributed by atoms with Gasteiger partial charge in [0.2, 0.25) is 0 Å². The van der Waals surface area contributed by atoms with Crippen LogP contribution in [0.4, 0.5) is 0 Å². The normalized spacial score (nSPS) is 40.9. The zero-order chi connectivity index (χ0) is 10.8. The lowest BCUT2D eigenvalue weighted by Gasteiger charge is -2.28. The Balaban J connectivity index is 2.10. The molecule has 2 nitrogen and oxygen atoms in total. The molecule has 0 bridgehead atoms. The average Bonchev–Trinajstić information content (AvgIpc) is 2.65. The van der Waals surface area contributed by atoms with Gasteiger partial charge >= 0.3 is 0 Å². The van der Waals surface area contributed by atoms with Crippen LogP contribution >= 0.6 is 0 Å². The van der Waals surface area contributed by atoms with Crippen LogP contribution in [-0.4, -0.2) is 22.9 Å². The predicted molar refractivity (Wildman–Crippen MR) is 60.4 cm³/mol. The van der Waals surface area contributed by atoms with Crippen LogP contribution in [0.3, 0.4) is 0 Å². The number of aliphatic hydroxyl groups excluding tert-OH is 2. The van der Waals surface area contributed by atoms with E-state index >= 15 is 0 Å². The minimum atomic E-state index is -0.250. The molecular formula is C13H22O2. The molecule has 0 heterocycles. The van der Waals surface area contributed by atoms with Crippen LogP contribution in [0.15, 0.2) is 12.2 Å². The van der Waals surface area contributed by atoms with Crippen molar-refractivity contribution < 1.29 is 10.2 Å². The highest BCUT2D eigenvalue weighted by Gasteiger charge is 2.39. The van der Waals surface area contributed by atoms with Gasteiger partial charge < -0.3 is 10.2 Å². The molecule has 0 aliphatic heterocycles. The molecule has 0 unspecified atom stereocenters. The molecular weight excluding hydrogens is 188 g/mol. The van der Waals surface area contributed by atoms with Gasteiger partial charge in [-0.15, -0.1) is 0 Å². The highest BCUT2D eigenvalue weighted by atomic mass is 16.3. The monoisotopic (exact) mass is 210 g/mol. The molecule has 0 spiro atoms. The number of aliphatic hydroxyl groups is 2. The Labute approximate surface area is 92.0 Å². The summed E-state index contributed by atoms with van der Waals surface area (Å²) >= 11 is 0. The Bertz CT molecular complexity index is 237. The third kappa shape index (κ3) is 2.11. The summed E-state index contributed by atoms with van der Waals surface area (Å²) in [6, 6.07) is 0. The van der Waals surface area contributed by atoms with Gasteiger partial charge in [0.25, 0.3) is 0 Å². The third-order valence-corrected chi connectivity index (χ3v) is 4.39. The van der Waals surface area contributed by atoms with E-state index in [0.717, 1.165) is 17.9 Å². The Hall–Kier alpha value is -0.340. The van der Waals surface area contributed by atoms with Crippen LogP contribution in [0, 0.1) is 17.8 Å². The van der Waals surface area contributed by atoms with Crippen molar-refractivity contribution in [1.82, 2.24) is 0 Å². The van der Waals surface area contributed by atoms with Gasteiger partial charge in [0, 0.05) is 5.92 Å². The molecule has 2 heteroatoms. The summed E-state index contributed by atoms with van der Waals surface area (Å²) in [7, 11) is 0. The Morgan fingerprint density at radius 2 is 1.80 bits per heavy atom. The first-order chi connectivity index (χ1) is 7.24. The van der Waals surface area contributed by atoms with Gasteiger partial charge in [-0.25, -0.2) is 0 Å². The van der Waals surface area contributed by atoms with Crippen LogP contribution in [0.25, 0.3) is 0 Å². The quantitative estimate of drug-likeness (QED) is 0.685. The third-order valence-electron chi connectivity index (χ3n) is 4.39. The Kier molecular flexibility index (Phi) is 3.47. The summed E-state index contributed by atoms with van der Waals surface area (Å²) in [6.45, 7) is 3.92. The van der Waals surface area contributed by atoms with Crippen LogP contribution in [0.1, 0.15) is 38.5 Å². The molecule has 0 aromatic rings. The molecule has 15 heavy (non-hydrogen) atoms. The fourth-order valence-corrected chi connectivity index (χ4v) is 3.51. The first-order valence-electron chi connectivity index (χ1n) is 6.20. The van der Waals surface area contributed by atoms with Gasteiger partial charge in [0.15, 0.2) is 0 Å². The second-order valence-corrected chi connectivity index (χ2v) is 5.20. The van der Waals surface area contributed by atoms with Gasteiger partial charge in [-0.2, -0.15) is 0 Å². The lowest BCUT2D eigenvalue weighted by Crippen LogP contribution is -2.31. The number of hydrogen-bond donors (Lipinski definition) is 2. The van der Waals surface area contributed by atoms with E-state index in [1.54, 1.807) is 0 Å². The topological polar surface area (TPSA) is 40.5 Å². The van der Waals surface area contributed by atoms with Crippen molar-refractivity contribution in [3.05, 3.63) is 12.2 Å². The summed E-state index contributed by atoms with van der Waals surface area (Å²) in [6.07, 6.45) is 6.93. The maximum absolute atomic E-state index is 10.3. The van der Waals surface area contributed by atoms with Crippen LogP contribution in [0.2, 0.25) is 0 Å². The smallest absolute Gasteiger partial charge is 0.0642 e. The summed E-state index contributed by atoms with van der Waals surface area (Å²) in [5.41, 5.74) is 0.829. The van der Waals surface area contributed by atoms with E-state index in [2.05, 4.69) is 6.58 Å². The summed E-state index contributed by atoms with van der Waals surface area (Å²) in [5, 5.41) is 19.5. The number of rotatable bonds is 2. The molecule has 2 rings (SSSR count). The summed E-state index contributed by atoms with van der Waals surface area (Å²) in [4.78, 5) is 0. The van der Waals surface area contributed by atoms with Gasteiger partial charge in [0.05, 0.1) is 12.7 Å². The lowest BCUT2D eigenvalue weighted by molar-refractivity contribution is 0.0513. The first-order valence-corrected chi connectivity index (χ1v) is 6.20. The van der Waals surface area contributed by atoms with Crippen molar-refractivity contribution in [3.63, 3.8) is 0 Å². The van der Waals surface area contributed by atoms with Crippen LogP contribution in [0.5, 0.6) is 0 Å². The zero-order valence-corrected chi connectivity index (χ0v) is 9.36. The van der Waals surface area contributed by atoms with E-state index < -0.39 is 0 Å². The standard InChI is InChI=1S/C13H22O2/c1-9(8-14)11-6-2-4-10-5-3-7-12(10)13(11)15/h10-15H,1-8H2/t10-,11+,12-,13+/m1/s1. The number of hydrogen-bond acceptors (Lipinski definition) is 2. The van der Waals surface area contributed by atoms with Gasteiger partial charge in [0.1, 0.15) is 0 Å². The van der Waals surface area contributed by atoms with Gasteiger partial charge in [-0.1, -0.05) is 32.3 Å². The van der Waals surface area contributed by atoms with Gasteiger partial charge in [-0.05, 0) is 30.3 Å². The predicted octanol–water partition coefficient (Wildman–Crippen LogP) is 2.11. The van der Waals surface area contributed by atoms with E-state index in [4.69, 9.17) is 5.11 Å². The Morgan fingerprint density at radius 3 is 2.47 bits per heavy atom. The fraction of sp³-hybridized carbons (Fsp3) is 0.846. The summed E-state index contributed by atoms with van der Waals surface area (Å²) < 4.78 is 0. The number of fused-ring (bicyclic) bond motifs is 1. The molecule has 0 aromatic heterocycles. The van der Waals surface area contributed by atoms with Crippen molar-refractivity contribution in [2.24, 2.45) is 17.8 Å². The molecule has 0 amide bonds. The molecule has 0 saturated heterocycles. The van der Waals surface area contributed by atoms with Crippen molar-refractivity contribution >= 4 is 0 Å². The van der Waals surface area contributed by atoms with Crippen LogP contribution in [-0.2, 0) is 0 Å².